The highest BCUT2D eigenvalue weighted by Crippen LogP contribution is 2.30. The van der Waals surface area contributed by atoms with Gasteiger partial charge in [-0.1, -0.05) is 6.92 Å². The van der Waals surface area contributed by atoms with Crippen LogP contribution in [0.3, 0.4) is 0 Å². The lowest BCUT2D eigenvalue weighted by Crippen LogP contribution is -2.43. The maximum atomic E-state index is 11.8. The van der Waals surface area contributed by atoms with Crippen LogP contribution in [0.25, 0.3) is 0 Å². The molecule has 0 heterocycles. The zero-order valence-corrected chi connectivity index (χ0v) is 10.3. The van der Waals surface area contributed by atoms with Crippen molar-refractivity contribution in [1.82, 2.24) is 0 Å². The summed E-state index contributed by atoms with van der Waals surface area (Å²) in [6, 6.07) is 0. The molecule has 0 aliphatic rings. The van der Waals surface area contributed by atoms with Crippen molar-refractivity contribution >= 4 is 17.9 Å². The molecule has 6 nitrogen and oxygen atoms in total. The lowest BCUT2D eigenvalue weighted by atomic mass is 9.81. The molecule has 0 aliphatic heterocycles. The first-order valence-electron chi connectivity index (χ1n) is 5.50. The summed E-state index contributed by atoms with van der Waals surface area (Å²) in [6.45, 7) is 4.89. The van der Waals surface area contributed by atoms with Gasteiger partial charge in [0, 0.05) is 0 Å². The molecule has 0 amide bonds. The van der Waals surface area contributed by atoms with Crippen LogP contribution in [0.1, 0.15) is 33.6 Å². The van der Waals surface area contributed by atoms with E-state index in [0.29, 0.717) is 0 Å². The summed E-state index contributed by atoms with van der Waals surface area (Å²) >= 11 is 0. The monoisotopic (exact) mass is 246 g/mol. The van der Waals surface area contributed by atoms with E-state index in [-0.39, 0.29) is 19.6 Å². The molecule has 0 aromatic carbocycles. The molecule has 0 radical (unpaired) electrons. The number of ether oxygens (including phenoxy) is 2. The smallest absolute Gasteiger partial charge is 0.324 e. The van der Waals surface area contributed by atoms with Gasteiger partial charge in [0.1, 0.15) is 0 Å². The van der Waals surface area contributed by atoms with E-state index >= 15 is 0 Å². The number of carboxylic acid groups (broad SMARTS) is 1. The first kappa shape index (κ1) is 15.4. The second-order valence-corrected chi connectivity index (χ2v) is 3.45. The average molecular weight is 246 g/mol. The molecule has 0 saturated heterocycles. The normalized spacial score (nSPS) is 10.8. The Labute approximate surface area is 99.9 Å². The lowest BCUT2D eigenvalue weighted by molar-refractivity contribution is -0.176. The van der Waals surface area contributed by atoms with E-state index in [4.69, 9.17) is 14.6 Å². The highest BCUT2D eigenvalue weighted by molar-refractivity contribution is 6.02. The fraction of sp³-hybridized carbons (Fsp3) is 0.727. The van der Waals surface area contributed by atoms with E-state index in [9.17, 15) is 14.4 Å². The third-order valence-electron chi connectivity index (χ3n) is 2.39. The van der Waals surface area contributed by atoms with Gasteiger partial charge in [0.15, 0.2) is 5.41 Å². The molecule has 0 aromatic heterocycles. The minimum atomic E-state index is -1.74. The number of hydrogen-bond donors (Lipinski definition) is 1. The van der Waals surface area contributed by atoms with Crippen molar-refractivity contribution in [3.63, 3.8) is 0 Å². The zero-order valence-electron chi connectivity index (χ0n) is 10.3. The molecule has 0 atom stereocenters. The number of aliphatic carboxylic acids is 1. The summed E-state index contributed by atoms with van der Waals surface area (Å²) in [5.74, 6) is -2.93. The van der Waals surface area contributed by atoms with Crippen molar-refractivity contribution in [3.8, 4) is 0 Å². The van der Waals surface area contributed by atoms with Crippen LogP contribution < -0.4 is 0 Å². The Balaban J connectivity index is 5.19. The molecular formula is C11H18O6. The fourth-order valence-electron chi connectivity index (χ4n) is 1.44. The summed E-state index contributed by atoms with van der Waals surface area (Å²) in [7, 11) is 0. The standard InChI is InChI=1S/C11H18O6/c1-4-11(7-8(12)13,9(14)16-5-2)10(15)17-6-3/h4-7H2,1-3H3,(H,12,13). The van der Waals surface area contributed by atoms with Crippen LogP contribution in [0.15, 0.2) is 0 Å². The van der Waals surface area contributed by atoms with Gasteiger partial charge in [0.05, 0.1) is 19.6 Å². The second-order valence-electron chi connectivity index (χ2n) is 3.45. The van der Waals surface area contributed by atoms with Gasteiger partial charge in [-0.25, -0.2) is 0 Å². The van der Waals surface area contributed by atoms with Gasteiger partial charge in [-0.15, -0.1) is 0 Å². The molecule has 0 bridgehead atoms. The van der Waals surface area contributed by atoms with Crippen LogP contribution in [0.4, 0.5) is 0 Å². The maximum absolute atomic E-state index is 11.8. The molecule has 17 heavy (non-hydrogen) atoms. The Bertz CT molecular complexity index is 278. The fourth-order valence-corrected chi connectivity index (χ4v) is 1.44. The number of esters is 2. The number of rotatable bonds is 7. The minimum absolute atomic E-state index is 0.0248. The van der Waals surface area contributed by atoms with Gasteiger partial charge in [-0.05, 0) is 20.3 Å². The van der Waals surface area contributed by atoms with Crippen molar-refractivity contribution < 1.29 is 29.0 Å². The van der Waals surface area contributed by atoms with E-state index in [1.807, 2.05) is 0 Å². The lowest BCUT2D eigenvalue weighted by Gasteiger charge is -2.26. The molecular weight excluding hydrogens is 228 g/mol. The van der Waals surface area contributed by atoms with Gasteiger partial charge < -0.3 is 14.6 Å². The predicted octanol–water partition coefficient (Wildman–Crippen LogP) is 0.984. The maximum Gasteiger partial charge on any atom is 0.324 e. The van der Waals surface area contributed by atoms with Crippen molar-refractivity contribution in [1.29, 1.82) is 0 Å². The van der Waals surface area contributed by atoms with Gasteiger partial charge in [0.2, 0.25) is 0 Å². The van der Waals surface area contributed by atoms with Gasteiger partial charge in [0.25, 0.3) is 0 Å². The highest BCUT2D eigenvalue weighted by atomic mass is 16.6. The van der Waals surface area contributed by atoms with Crippen LogP contribution in [0.2, 0.25) is 0 Å². The first-order chi connectivity index (χ1) is 7.94. The Morgan fingerprint density at radius 1 is 1.00 bits per heavy atom. The van der Waals surface area contributed by atoms with Crippen LogP contribution in [0.5, 0.6) is 0 Å². The van der Waals surface area contributed by atoms with Crippen LogP contribution in [0, 0.1) is 5.41 Å². The van der Waals surface area contributed by atoms with E-state index < -0.39 is 29.7 Å². The molecule has 0 rings (SSSR count). The minimum Gasteiger partial charge on any atom is -0.481 e. The Morgan fingerprint density at radius 2 is 1.41 bits per heavy atom. The van der Waals surface area contributed by atoms with E-state index in [1.54, 1.807) is 20.8 Å². The third-order valence-corrected chi connectivity index (χ3v) is 2.39. The van der Waals surface area contributed by atoms with Crippen molar-refractivity contribution in [2.75, 3.05) is 13.2 Å². The van der Waals surface area contributed by atoms with Crippen LogP contribution in [-0.4, -0.2) is 36.2 Å². The van der Waals surface area contributed by atoms with Gasteiger partial charge in [-0.3, -0.25) is 14.4 Å². The van der Waals surface area contributed by atoms with Crippen LogP contribution in [-0.2, 0) is 23.9 Å². The molecule has 1 N–H and O–H groups in total. The zero-order chi connectivity index (χ0) is 13.5. The van der Waals surface area contributed by atoms with E-state index in [1.165, 1.54) is 0 Å². The average Bonchev–Trinajstić information content (AvgIpc) is 2.26. The molecule has 6 heteroatoms. The number of carbonyl (C=O) groups is 3. The molecule has 98 valence electrons. The molecule has 0 aliphatic carbocycles. The summed E-state index contributed by atoms with van der Waals surface area (Å²) < 4.78 is 9.53. The molecule has 0 aromatic rings. The summed E-state index contributed by atoms with van der Waals surface area (Å²) in [5.41, 5.74) is -1.74. The third kappa shape index (κ3) is 3.72. The second kappa shape index (κ2) is 6.88. The summed E-state index contributed by atoms with van der Waals surface area (Å²) in [6.07, 6.45) is -0.599. The van der Waals surface area contributed by atoms with Crippen molar-refractivity contribution in [2.45, 2.75) is 33.6 Å². The molecule has 0 unspecified atom stereocenters. The number of carbonyl (C=O) groups excluding carboxylic acids is 2. The highest BCUT2D eigenvalue weighted by Gasteiger charge is 2.49. The predicted molar refractivity (Wildman–Crippen MR) is 58.2 cm³/mol. The molecule has 0 spiro atoms. The number of carboxylic acids is 1. The summed E-state index contributed by atoms with van der Waals surface area (Å²) in [5, 5.41) is 8.80. The quantitative estimate of drug-likeness (QED) is 0.532. The topological polar surface area (TPSA) is 89.9 Å². The Kier molecular flexibility index (Phi) is 6.23. The van der Waals surface area contributed by atoms with Crippen molar-refractivity contribution in [2.24, 2.45) is 5.41 Å². The van der Waals surface area contributed by atoms with E-state index in [2.05, 4.69) is 0 Å². The van der Waals surface area contributed by atoms with Crippen molar-refractivity contribution in [3.05, 3.63) is 0 Å². The van der Waals surface area contributed by atoms with Gasteiger partial charge >= 0.3 is 17.9 Å². The van der Waals surface area contributed by atoms with E-state index in [0.717, 1.165) is 0 Å². The largest absolute Gasteiger partial charge is 0.481 e. The molecule has 0 fully saturated rings. The Morgan fingerprint density at radius 3 is 1.65 bits per heavy atom. The SMILES string of the molecule is CCOC(=O)C(CC)(CC(=O)O)C(=O)OCC. The van der Waals surface area contributed by atoms with Gasteiger partial charge in [-0.2, -0.15) is 0 Å². The molecule has 0 saturated carbocycles. The van der Waals surface area contributed by atoms with Crippen LogP contribution >= 0.6 is 0 Å². The first-order valence-corrected chi connectivity index (χ1v) is 5.50. The number of hydrogen-bond acceptors (Lipinski definition) is 5. The Hall–Kier alpha value is -1.59. The summed E-state index contributed by atoms with van der Waals surface area (Å²) in [4.78, 5) is 34.3.